The van der Waals surface area contributed by atoms with Crippen molar-refractivity contribution in [2.75, 3.05) is 46.7 Å². The molecule has 0 bridgehead atoms. The van der Waals surface area contributed by atoms with Gasteiger partial charge in [0.15, 0.2) is 11.5 Å². The molecule has 5 nitrogen and oxygen atoms in total. The van der Waals surface area contributed by atoms with Crippen molar-refractivity contribution >= 4 is 0 Å². The summed E-state index contributed by atoms with van der Waals surface area (Å²) in [6, 6.07) is 6.16. The largest absolute Gasteiger partial charge is 0.486 e. The third-order valence-electron chi connectivity index (χ3n) is 3.32. The highest BCUT2D eigenvalue weighted by atomic mass is 16.6. The smallest absolute Gasteiger partial charge is 0.161 e. The van der Waals surface area contributed by atoms with Crippen LogP contribution in [0.15, 0.2) is 18.2 Å². The van der Waals surface area contributed by atoms with E-state index in [1.54, 1.807) is 0 Å². The van der Waals surface area contributed by atoms with E-state index in [9.17, 15) is 0 Å². The molecule has 1 aliphatic heterocycles. The van der Waals surface area contributed by atoms with E-state index in [1.165, 1.54) is 0 Å². The van der Waals surface area contributed by atoms with Crippen molar-refractivity contribution in [1.29, 1.82) is 0 Å². The van der Waals surface area contributed by atoms with Gasteiger partial charge in [-0.3, -0.25) is 0 Å². The lowest BCUT2D eigenvalue weighted by Crippen LogP contribution is -2.23. The Kier molecular flexibility index (Phi) is 6.79. The SMILES string of the molecule is CCCOCCOCC(NC)c1ccc2c(c1)OCCO2. The number of benzene rings is 1. The van der Waals surface area contributed by atoms with Crippen LogP contribution in [0.5, 0.6) is 11.5 Å². The summed E-state index contributed by atoms with van der Waals surface area (Å²) in [6.07, 6.45) is 1.04. The first-order chi connectivity index (χ1) is 10.3. The van der Waals surface area contributed by atoms with Gasteiger partial charge in [-0.05, 0) is 31.2 Å². The third kappa shape index (κ3) is 4.88. The van der Waals surface area contributed by atoms with Gasteiger partial charge in [0.05, 0.1) is 25.9 Å². The molecule has 1 heterocycles. The zero-order chi connectivity index (χ0) is 14.9. The highest BCUT2D eigenvalue weighted by Crippen LogP contribution is 2.32. The van der Waals surface area contributed by atoms with Gasteiger partial charge in [0, 0.05) is 6.61 Å². The Morgan fingerprint density at radius 3 is 2.62 bits per heavy atom. The van der Waals surface area contributed by atoms with Gasteiger partial charge < -0.3 is 24.3 Å². The van der Waals surface area contributed by atoms with E-state index in [2.05, 4.69) is 12.2 Å². The van der Waals surface area contributed by atoms with Crippen LogP contribution in [0.1, 0.15) is 24.9 Å². The predicted octanol–water partition coefficient (Wildman–Crippen LogP) is 2.16. The van der Waals surface area contributed by atoms with Gasteiger partial charge in [0.2, 0.25) is 0 Å². The molecule has 0 saturated carbocycles. The lowest BCUT2D eigenvalue weighted by Gasteiger charge is -2.22. The van der Waals surface area contributed by atoms with Crippen LogP contribution in [0.3, 0.4) is 0 Å². The Balaban J connectivity index is 1.83. The van der Waals surface area contributed by atoms with Gasteiger partial charge in [-0.15, -0.1) is 0 Å². The zero-order valence-corrected chi connectivity index (χ0v) is 12.9. The van der Waals surface area contributed by atoms with E-state index in [-0.39, 0.29) is 6.04 Å². The van der Waals surface area contributed by atoms with E-state index < -0.39 is 0 Å². The molecule has 0 amide bonds. The highest BCUT2D eigenvalue weighted by Gasteiger charge is 2.16. The van der Waals surface area contributed by atoms with E-state index in [0.717, 1.165) is 30.1 Å². The van der Waals surface area contributed by atoms with Crippen LogP contribution in [0, 0.1) is 0 Å². The Morgan fingerprint density at radius 2 is 1.86 bits per heavy atom. The van der Waals surface area contributed by atoms with Gasteiger partial charge in [0.25, 0.3) is 0 Å². The Hall–Kier alpha value is -1.30. The van der Waals surface area contributed by atoms with E-state index in [4.69, 9.17) is 18.9 Å². The number of hydrogen-bond acceptors (Lipinski definition) is 5. The summed E-state index contributed by atoms with van der Waals surface area (Å²) in [5.41, 5.74) is 1.14. The molecule has 2 rings (SSSR count). The molecule has 0 saturated heterocycles. The summed E-state index contributed by atoms with van der Waals surface area (Å²) in [5.74, 6) is 1.62. The van der Waals surface area contributed by atoms with Gasteiger partial charge >= 0.3 is 0 Å². The fraction of sp³-hybridized carbons (Fsp3) is 0.625. The van der Waals surface area contributed by atoms with Crippen LogP contribution in [0.4, 0.5) is 0 Å². The number of rotatable bonds is 9. The first-order valence-electron chi connectivity index (χ1n) is 7.57. The average Bonchev–Trinajstić information content (AvgIpc) is 2.54. The van der Waals surface area contributed by atoms with Gasteiger partial charge in [-0.25, -0.2) is 0 Å². The van der Waals surface area contributed by atoms with Crippen LogP contribution < -0.4 is 14.8 Å². The molecule has 1 N–H and O–H groups in total. The van der Waals surface area contributed by atoms with Crippen LogP contribution in [0.25, 0.3) is 0 Å². The zero-order valence-electron chi connectivity index (χ0n) is 12.9. The molecule has 0 aromatic heterocycles. The summed E-state index contributed by atoms with van der Waals surface area (Å²) in [5, 5.41) is 3.27. The number of ether oxygens (including phenoxy) is 4. The molecule has 1 aromatic carbocycles. The number of fused-ring (bicyclic) bond motifs is 1. The Bertz CT molecular complexity index is 425. The predicted molar refractivity (Wildman–Crippen MR) is 81.2 cm³/mol. The third-order valence-corrected chi connectivity index (χ3v) is 3.32. The first-order valence-corrected chi connectivity index (χ1v) is 7.57. The summed E-state index contributed by atoms with van der Waals surface area (Å²) >= 11 is 0. The monoisotopic (exact) mass is 295 g/mol. The molecule has 0 radical (unpaired) electrons. The number of likely N-dealkylation sites (N-methyl/N-ethyl adjacent to an activating group) is 1. The molecular formula is C16H25NO4. The average molecular weight is 295 g/mol. The van der Waals surface area contributed by atoms with Crippen LogP contribution in [-0.2, 0) is 9.47 Å². The maximum absolute atomic E-state index is 5.67. The van der Waals surface area contributed by atoms with Crippen molar-refractivity contribution in [3.63, 3.8) is 0 Å². The van der Waals surface area contributed by atoms with Crippen molar-refractivity contribution in [2.45, 2.75) is 19.4 Å². The van der Waals surface area contributed by atoms with E-state index >= 15 is 0 Å². The first kappa shape index (κ1) is 16.1. The Morgan fingerprint density at radius 1 is 1.10 bits per heavy atom. The fourth-order valence-electron chi connectivity index (χ4n) is 2.19. The van der Waals surface area contributed by atoms with Crippen molar-refractivity contribution in [3.8, 4) is 11.5 Å². The second kappa shape index (κ2) is 8.87. The highest BCUT2D eigenvalue weighted by molar-refractivity contribution is 5.44. The molecule has 1 unspecified atom stereocenters. The number of hydrogen-bond donors (Lipinski definition) is 1. The van der Waals surface area contributed by atoms with Crippen molar-refractivity contribution in [2.24, 2.45) is 0 Å². The van der Waals surface area contributed by atoms with Crippen molar-refractivity contribution < 1.29 is 18.9 Å². The lowest BCUT2D eigenvalue weighted by atomic mass is 10.1. The molecule has 1 aliphatic rings. The maximum Gasteiger partial charge on any atom is 0.161 e. The molecular weight excluding hydrogens is 270 g/mol. The standard InChI is InChI=1S/C16H25NO4/c1-3-6-18-7-8-19-12-14(17-2)13-4-5-15-16(11-13)21-10-9-20-15/h4-5,11,14,17H,3,6-10,12H2,1-2H3. The molecule has 5 heteroatoms. The van der Waals surface area contributed by atoms with Crippen molar-refractivity contribution in [1.82, 2.24) is 5.32 Å². The minimum absolute atomic E-state index is 0.131. The summed E-state index contributed by atoms with van der Waals surface area (Å²) in [4.78, 5) is 0. The normalized spacial score (nSPS) is 15.0. The van der Waals surface area contributed by atoms with E-state index in [1.807, 2.05) is 25.2 Å². The van der Waals surface area contributed by atoms with Crippen molar-refractivity contribution in [3.05, 3.63) is 23.8 Å². The summed E-state index contributed by atoms with van der Waals surface area (Å²) in [6.45, 7) is 5.97. The number of nitrogens with one attached hydrogen (secondary N) is 1. The van der Waals surface area contributed by atoms with Crippen LogP contribution in [0.2, 0.25) is 0 Å². The minimum atomic E-state index is 0.131. The molecule has 0 spiro atoms. The van der Waals surface area contributed by atoms with Gasteiger partial charge in [0.1, 0.15) is 13.2 Å². The minimum Gasteiger partial charge on any atom is -0.486 e. The molecule has 0 fully saturated rings. The molecule has 0 aliphatic carbocycles. The summed E-state index contributed by atoms with van der Waals surface area (Å²) in [7, 11) is 1.93. The topological polar surface area (TPSA) is 49.0 Å². The fourth-order valence-corrected chi connectivity index (χ4v) is 2.19. The molecule has 1 atom stereocenters. The molecule has 118 valence electrons. The second-order valence-corrected chi connectivity index (χ2v) is 4.93. The summed E-state index contributed by atoms with van der Waals surface area (Å²) < 4.78 is 22.2. The lowest BCUT2D eigenvalue weighted by molar-refractivity contribution is 0.0398. The van der Waals surface area contributed by atoms with Crippen LogP contribution in [-0.4, -0.2) is 46.7 Å². The quantitative estimate of drug-likeness (QED) is 0.708. The van der Waals surface area contributed by atoms with Crippen LogP contribution >= 0.6 is 0 Å². The second-order valence-electron chi connectivity index (χ2n) is 4.93. The van der Waals surface area contributed by atoms with Gasteiger partial charge in [-0.1, -0.05) is 13.0 Å². The maximum atomic E-state index is 5.67. The molecule has 21 heavy (non-hydrogen) atoms. The van der Waals surface area contributed by atoms with E-state index in [0.29, 0.717) is 33.0 Å². The van der Waals surface area contributed by atoms with Gasteiger partial charge in [-0.2, -0.15) is 0 Å². The molecule has 1 aromatic rings. The Labute approximate surface area is 126 Å².